The topological polar surface area (TPSA) is 0 Å². The van der Waals surface area contributed by atoms with E-state index in [-0.39, 0.29) is 0 Å². The predicted octanol–water partition coefficient (Wildman–Crippen LogP) is 3.86. The highest BCUT2D eigenvalue weighted by Gasteiger charge is 2.03. The molecule has 0 nitrogen and oxygen atoms in total. The molecule has 0 aromatic heterocycles. The van der Waals surface area contributed by atoms with E-state index in [0.29, 0.717) is 10.0 Å². The first kappa shape index (κ1) is 8.38. The molecule has 0 aliphatic rings. The van der Waals surface area contributed by atoms with Gasteiger partial charge in [0.1, 0.15) is 0 Å². The van der Waals surface area contributed by atoms with E-state index in [1.54, 1.807) is 6.07 Å². The van der Waals surface area contributed by atoms with E-state index in [4.69, 9.17) is 23.2 Å². The summed E-state index contributed by atoms with van der Waals surface area (Å²) in [6, 6.07) is 4.55. The Balaban J connectivity index is 3.34. The Bertz CT molecular complexity index is 231. The molecular formula is C7H4BrCl2. The first-order chi connectivity index (χ1) is 4.63. The SMILES string of the molecule is Cc1c(Cl)c[c]c(Br)c1Cl. The van der Waals surface area contributed by atoms with Crippen LogP contribution in [0, 0.1) is 13.0 Å². The van der Waals surface area contributed by atoms with Gasteiger partial charge in [-0.1, -0.05) is 23.2 Å². The molecule has 0 unspecified atom stereocenters. The summed E-state index contributed by atoms with van der Waals surface area (Å²) in [7, 11) is 0. The minimum atomic E-state index is 0.632. The summed E-state index contributed by atoms with van der Waals surface area (Å²) in [4.78, 5) is 0. The summed E-state index contributed by atoms with van der Waals surface area (Å²) in [6.07, 6.45) is 0. The molecule has 0 bridgehead atoms. The smallest absolute Gasteiger partial charge is 0.0598 e. The average molecular weight is 239 g/mol. The zero-order valence-electron chi connectivity index (χ0n) is 5.21. The highest BCUT2D eigenvalue weighted by atomic mass is 79.9. The van der Waals surface area contributed by atoms with Crippen molar-refractivity contribution in [2.24, 2.45) is 0 Å². The highest BCUT2D eigenvalue weighted by Crippen LogP contribution is 2.29. The fraction of sp³-hybridized carbons (Fsp3) is 0.143. The molecule has 0 aliphatic carbocycles. The Morgan fingerprint density at radius 1 is 1.50 bits per heavy atom. The van der Waals surface area contributed by atoms with Crippen molar-refractivity contribution < 1.29 is 0 Å². The predicted molar refractivity (Wildman–Crippen MR) is 47.7 cm³/mol. The van der Waals surface area contributed by atoms with Gasteiger partial charge in [-0.15, -0.1) is 0 Å². The average Bonchev–Trinajstić information content (AvgIpc) is 1.93. The molecule has 3 heteroatoms. The molecule has 0 heterocycles. The molecule has 53 valence electrons. The normalized spacial score (nSPS) is 10.0. The van der Waals surface area contributed by atoms with E-state index in [1.165, 1.54) is 0 Å². The monoisotopic (exact) mass is 237 g/mol. The van der Waals surface area contributed by atoms with E-state index < -0.39 is 0 Å². The van der Waals surface area contributed by atoms with Crippen molar-refractivity contribution in [3.63, 3.8) is 0 Å². The van der Waals surface area contributed by atoms with Gasteiger partial charge in [0.2, 0.25) is 0 Å². The third kappa shape index (κ3) is 1.47. The molecule has 1 radical (unpaired) electrons. The molecule has 0 amide bonds. The Morgan fingerprint density at radius 2 is 2.10 bits per heavy atom. The summed E-state index contributed by atoms with van der Waals surface area (Å²) in [5, 5.41) is 1.28. The maximum Gasteiger partial charge on any atom is 0.0598 e. The molecule has 0 N–H and O–H groups in total. The van der Waals surface area contributed by atoms with Crippen molar-refractivity contribution in [1.82, 2.24) is 0 Å². The van der Waals surface area contributed by atoms with Crippen molar-refractivity contribution in [2.75, 3.05) is 0 Å². The van der Waals surface area contributed by atoms with E-state index in [0.717, 1.165) is 10.0 Å². The first-order valence-corrected chi connectivity index (χ1v) is 4.19. The third-order valence-corrected chi connectivity index (χ3v) is 2.92. The lowest BCUT2D eigenvalue weighted by molar-refractivity contribution is 1.44. The molecule has 0 aliphatic heterocycles. The summed E-state index contributed by atoms with van der Waals surface area (Å²) in [6.45, 7) is 1.86. The maximum atomic E-state index is 5.82. The van der Waals surface area contributed by atoms with Crippen LogP contribution in [-0.2, 0) is 0 Å². The summed E-state index contributed by atoms with van der Waals surface area (Å²) < 4.78 is 0.760. The minimum absolute atomic E-state index is 0.632. The van der Waals surface area contributed by atoms with Gasteiger partial charge in [-0.25, -0.2) is 0 Å². The molecule has 0 saturated carbocycles. The van der Waals surface area contributed by atoms with E-state index in [9.17, 15) is 0 Å². The van der Waals surface area contributed by atoms with Crippen molar-refractivity contribution >= 4 is 39.1 Å². The summed E-state index contributed by atoms with van der Waals surface area (Å²) in [5.41, 5.74) is 0.883. The molecule has 0 spiro atoms. The second-order valence-electron chi connectivity index (χ2n) is 1.89. The van der Waals surface area contributed by atoms with Crippen LogP contribution in [0.2, 0.25) is 10.0 Å². The van der Waals surface area contributed by atoms with Crippen LogP contribution in [0.4, 0.5) is 0 Å². The Labute approximate surface area is 78.3 Å². The van der Waals surface area contributed by atoms with E-state index in [2.05, 4.69) is 22.0 Å². The van der Waals surface area contributed by atoms with Gasteiger partial charge in [-0.05, 0) is 34.5 Å². The lowest BCUT2D eigenvalue weighted by Gasteiger charge is -2.00. The Kier molecular flexibility index (Phi) is 2.61. The second-order valence-corrected chi connectivity index (χ2v) is 3.47. The van der Waals surface area contributed by atoms with Crippen LogP contribution in [0.25, 0.3) is 0 Å². The van der Waals surface area contributed by atoms with Gasteiger partial charge in [0.05, 0.1) is 5.02 Å². The van der Waals surface area contributed by atoms with Gasteiger partial charge in [0, 0.05) is 15.6 Å². The van der Waals surface area contributed by atoms with Gasteiger partial charge < -0.3 is 0 Å². The van der Waals surface area contributed by atoms with E-state index in [1.807, 2.05) is 6.92 Å². The van der Waals surface area contributed by atoms with Crippen LogP contribution in [0.5, 0.6) is 0 Å². The van der Waals surface area contributed by atoms with Crippen molar-refractivity contribution in [2.45, 2.75) is 6.92 Å². The summed E-state index contributed by atoms with van der Waals surface area (Å²) >= 11 is 14.8. The van der Waals surface area contributed by atoms with Crippen LogP contribution in [0.15, 0.2) is 10.5 Å². The van der Waals surface area contributed by atoms with Crippen LogP contribution in [-0.4, -0.2) is 0 Å². The van der Waals surface area contributed by atoms with Crippen LogP contribution in [0.1, 0.15) is 5.56 Å². The zero-order valence-corrected chi connectivity index (χ0v) is 8.31. The fourth-order valence-corrected chi connectivity index (χ4v) is 1.33. The van der Waals surface area contributed by atoms with Gasteiger partial charge in [0.15, 0.2) is 0 Å². The second kappa shape index (κ2) is 3.12. The summed E-state index contributed by atoms with van der Waals surface area (Å²) in [5.74, 6) is 0. The molecule has 0 saturated heterocycles. The van der Waals surface area contributed by atoms with Gasteiger partial charge in [0.25, 0.3) is 0 Å². The standard InChI is InChI=1S/C7H4BrCl2/c1-4-6(9)3-2-5(8)7(4)10/h3H,1H3. The Hall–Kier alpha value is 0.280. The Morgan fingerprint density at radius 3 is 2.60 bits per heavy atom. The number of benzene rings is 1. The lowest BCUT2D eigenvalue weighted by Crippen LogP contribution is -1.78. The highest BCUT2D eigenvalue weighted by molar-refractivity contribution is 9.10. The van der Waals surface area contributed by atoms with Crippen LogP contribution >= 0.6 is 39.1 Å². The van der Waals surface area contributed by atoms with Crippen molar-refractivity contribution in [3.8, 4) is 0 Å². The van der Waals surface area contributed by atoms with Crippen molar-refractivity contribution in [1.29, 1.82) is 0 Å². The molecular weight excluding hydrogens is 235 g/mol. The number of hydrogen-bond acceptors (Lipinski definition) is 0. The lowest BCUT2D eigenvalue weighted by atomic mass is 10.2. The molecule has 0 atom stereocenters. The van der Waals surface area contributed by atoms with Crippen LogP contribution < -0.4 is 0 Å². The zero-order chi connectivity index (χ0) is 7.72. The van der Waals surface area contributed by atoms with E-state index >= 15 is 0 Å². The largest absolute Gasteiger partial charge is 0.0840 e. The minimum Gasteiger partial charge on any atom is -0.0840 e. The molecule has 1 rings (SSSR count). The third-order valence-electron chi connectivity index (χ3n) is 1.21. The van der Waals surface area contributed by atoms with Gasteiger partial charge in [-0.2, -0.15) is 0 Å². The molecule has 1 aromatic rings. The molecule has 1 aromatic carbocycles. The number of rotatable bonds is 0. The number of halogens is 3. The van der Waals surface area contributed by atoms with Gasteiger partial charge >= 0.3 is 0 Å². The molecule has 10 heavy (non-hydrogen) atoms. The first-order valence-electron chi connectivity index (χ1n) is 2.64. The van der Waals surface area contributed by atoms with Gasteiger partial charge in [-0.3, -0.25) is 0 Å². The fourth-order valence-electron chi connectivity index (χ4n) is 0.568. The van der Waals surface area contributed by atoms with Crippen LogP contribution in [0.3, 0.4) is 0 Å². The quantitative estimate of drug-likeness (QED) is 0.603. The van der Waals surface area contributed by atoms with Crippen molar-refractivity contribution in [3.05, 3.63) is 32.2 Å². The molecule has 0 fully saturated rings. The maximum absolute atomic E-state index is 5.82. The number of hydrogen-bond donors (Lipinski definition) is 0.